The summed E-state index contributed by atoms with van der Waals surface area (Å²) in [6, 6.07) is 26.3. The number of nitrogens with one attached hydrogen (secondary N) is 1. The summed E-state index contributed by atoms with van der Waals surface area (Å²) in [5, 5.41) is 3.06. The lowest BCUT2D eigenvalue weighted by molar-refractivity contribution is -0.111. The maximum absolute atomic E-state index is 14.6. The molecule has 0 aliphatic rings. The molecule has 0 heterocycles. The van der Waals surface area contributed by atoms with Crippen molar-refractivity contribution in [3.63, 3.8) is 0 Å². The van der Waals surface area contributed by atoms with E-state index in [9.17, 15) is 14.0 Å². The van der Waals surface area contributed by atoms with Crippen LogP contribution in [-0.4, -0.2) is 11.7 Å². The molecule has 3 N–H and O–H groups in total. The van der Waals surface area contributed by atoms with Crippen molar-refractivity contribution in [1.82, 2.24) is 0 Å². The molecule has 0 saturated heterocycles. The Balaban J connectivity index is 1.40. The molecule has 0 aliphatic heterocycles. The van der Waals surface area contributed by atoms with Crippen LogP contribution in [0.4, 0.5) is 15.8 Å². The van der Waals surface area contributed by atoms with Gasteiger partial charge >= 0.3 is 0 Å². The van der Waals surface area contributed by atoms with Gasteiger partial charge < -0.3 is 11.1 Å². The largest absolute Gasteiger partial charge is 0.397 e. The van der Waals surface area contributed by atoms with Gasteiger partial charge in [-0.2, -0.15) is 0 Å². The van der Waals surface area contributed by atoms with Crippen molar-refractivity contribution in [3.05, 3.63) is 131 Å². The Bertz CT molecular complexity index is 1480. The zero-order valence-corrected chi connectivity index (χ0v) is 19.9. The van der Waals surface area contributed by atoms with E-state index >= 15 is 0 Å². The van der Waals surface area contributed by atoms with Crippen molar-refractivity contribution in [2.45, 2.75) is 0 Å². The number of allylic oxidation sites excluding steroid dienone is 1. The molecule has 0 unspecified atom stereocenters. The predicted octanol–water partition coefficient (Wildman–Crippen LogP) is 7.28. The summed E-state index contributed by atoms with van der Waals surface area (Å²) >= 11 is 6.04. The van der Waals surface area contributed by atoms with Crippen molar-refractivity contribution >= 4 is 46.8 Å². The van der Waals surface area contributed by atoms with Crippen molar-refractivity contribution in [3.8, 4) is 11.1 Å². The van der Waals surface area contributed by atoms with Gasteiger partial charge in [-0.1, -0.05) is 78.3 Å². The lowest BCUT2D eigenvalue weighted by Crippen LogP contribution is -2.09. The summed E-state index contributed by atoms with van der Waals surface area (Å²) in [5.74, 6) is -1.25. The van der Waals surface area contributed by atoms with E-state index in [4.69, 9.17) is 17.3 Å². The van der Waals surface area contributed by atoms with Gasteiger partial charge in [0.25, 0.3) is 0 Å². The molecule has 0 radical (unpaired) electrons. The highest BCUT2D eigenvalue weighted by atomic mass is 35.5. The SMILES string of the molecule is Nc1cc(-c2ccccc2)ccc1NC(=O)/C=C/c1ccc(/C=C/C(=O)c2ccccc2Cl)cc1F. The number of amides is 1. The smallest absolute Gasteiger partial charge is 0.248 e. The van der Waals surface area contributed by atoms with E-state index in [-0.39, 0.29) is 11.3 Å². The lowest BCUT2D eigenvalue weighted by Gasteiger charge is -2.09. The zero-order valence-electron chi connectivity index (χ0n) is 19.1. The summed E-state index contributed by atoms with van der Waals surface area (Å²) < 4.78 is 14.6. The third kappa shape index (κ3) is 6.14. The highest BCUT2D eigenvalue weighted by molar-refractivity contribution is 6.34. The van der Waals surface area contributed by atoms with E-state index in [0.717, 1.165) is 11.1 Å². The highest BCUT2D eigenvalue weighted by Gasteiger charge is 2.08. The number of benzene rings is 4. The molecule has 6 heteroatoms. The summed E-state index contributed by atoms with van der Waals surface area (Å²) in [6.45, 7) is 0. The normalized spacial score (nSPS) is 11.2. The van der Waals surface area contributed by atoms with E-state index < -0.39 is 11.7 Å². The number of halogens is 2. The molecule has 0 saturated carbocycles. The lowest BCUT2D eigenvalue weighted by atomic mass is 10.0. The number of hydrogen-bond acceptors (Lipinski definition) is 3. The van der Waals surface area contributed by atoms with Crippen LogP contribution in [0.3, 0.4) is 0 Å². The first kappa shape index (κ1) is 24.6. The Morgan fingerprint density at radius 3 is 2.28 bits per heavy atom. The summed E-state index contributed by atoms with van der Waals surface area (Å²) in [5.41, 5.74) is 10.1. The van der Waals surface area contributed by atoms with Crippen LogP contribution in [0.1, 0.15) is 21.5 Å². The molecule has 1 amide bonds. The van der Waals surface area contributed by atoms with Crippen LogP contribution in [0.15, 0.2) is 103 Å². The van der Waals surface area contributed by atoms with E-state index in [1.165, 1.54) is 36.4 Å². The number of nitrogen functional groups attached to an aromatic ring is 1. The van der Waals surface area contributed by atoms with Crippen LogP contribution in [0.5, 0.6) is 0 Å². The molecule has 0 spiro atoms. The van der Waals surface area contributed by atoms with E-state index in [0.29, 0.717) is 27.5 Å². The minimum absolute atomic E-state index is 0.229. The standard InChI is InChI=1S/C30H22ClFN2O2/c31-25-9-5-4-8-24(25)29(35)16-11-20-10-12-22(26(32)18-20)14-17-30(36)34-28-15-13-23(19-27(28)33)21-6-2-1-3-7-21/h1-19H,33H2,(H,34,36)/b16-11+,17-14+. The van der Waals surface area contributed by atoms with Crippen LogP contribution < -0.4 is 11.1 Å². The summed E-state index contributed by atoms with van der Waals surface area (Å²) in [7, 11) is 0. The van der Waals surface area contributed by atoms with Crippen LogP contribution in [0, 0.1) is 5.82 Å². The van der Waals surface area contributed by atoms with Crippen molar-refractivity contribution in [2.75, 3.05) is 11.1 Å². The van der Waals surface area contributed by atoms with E-state index in [2.05, 4.69) is 5.32 Å². The molecule has 0 atom stereocenters. The van der Waals surface area contributed by atoms with Gasteiger partial charge in [0, 0.05) is 17.2 Å². The Labute approximate surface area is 213 Å². The van der Waals surface area contributed by atoms with Crippen LogP contribution in [0.2, 0.25) is 5.02 Å². The first-order chi connectivity index (χ1) is 17.4. The maximum Gasteiger partial charge on any atom is 0.248 e. The van der Waals surface area contributed by atoms with Crippen LogP contribution in [0.25, 0.3) is 23.3 Å². The van der Waals surface area contributed by atoms with E-state index in [1.807, 2.05) is 36.4 Å². The zero-order chi connectivity index (χ0) is 25.5. The van der Waals surface area contributed by atoms with Gasteiger partial charge in [-0.3, -0.25) is 9.59 Å². The second-order valence-corrected chi connectivity index (χ2v) is 8.36. The van der Waals surface area contributed by atoms with Crippen molar-refractivity contribution in [1.29, 1.82) is 0 Å². The Morgan fingerprint density at radius 2 is 1.56 bits per heavy atom. The second kappa shape index (κ2) is 11.3. The number of nitrogens with two attached hydrogens (primary N) is 1. The van der Waals surface area contributed by atoms with Gasteiger partial charge in [-0.15, -0.1) is 0 Å². The average molecular weight is 497 g/mol. The first-order valence-corrected chi connectivity index (χ1v) is 11.5. The highest BCUT2D eigenvalue weighted by Crippen LogP contribution is 2.27. The molecule has 0 fully saturated rings. The first-order valence-electron chi connectivity index (χ1n) is 11.1. The number of rotatable bonds is 7. The maximum atomic E-state index is 14.6. The molecule has 4 rings (SSSR count). The summed E-state index contributed by atoms with van der Waals surface area (Å²) in [4.78, 5) is 24.7. The number of anilines is 2. The molecule has 4 aromatic carbocycles. The molecule has 0 aromatic heterocycles. The third-order valence-corrected chi connectivity index (χ3v) is 5.75. The molecule has 36 heavy (non-hydrogen) atoms. The van der Waals surface area contributed by atoms with E-state index in [1.54, 1.807) is 42.5 Å². The quantitative estimate of drug-likeness (QED) is 0.160. The van der Waals surface area contributed by atoms with Crippen LogP contribution in [-0.2, 0) is 4.79 Å². The second-order valence-electron chi connectivity index (χ2n) is 7.95. The molecule has 4 aromatic rings. The van der Waals surface area contributed by atoms with Gasteiger partial charge in [0.05, 0.1) is 16.4 Å². The summed E-state index contributed by atoms with van der Waals surface area (Å²) in [6.07, 6.45) is 5.46. The molecule has 178 valence electrons. The monoisotopic (exact) mass is 496 g/mol. The topological polar surface area (TPSA) is 72.2 Å². The fraction of sp³-hybridized carbons (Fsp3) is 0. The van der Waals surface area contributed by atoms with Gasteiger partial charge in [-0.25, -0.2) is 4.39 Å². The minimum atomic E-state index is -0.530. The third-order valence-electron chi connectivity index (χ3n) is 5.42. The number of carbonyl (C=O) groups excluding carboxylic acids is 2. The molecular formula is C30H22ClFN2O2. The minimum Gasteiger partial charge on any atom is -0.397 e. The molecular weight excluding hydrogens is 475 g/mol. The fourth-order valence-corrected chi connectivity index (χ4v) is 3.76. The fourth-order valence-electron chi connectivity index (χ4n) is 3.53. The number of carbonyl (C=O) groups is 2. The Kier molecular flexibility index (Phi) is 7.73. The van der Waals surface area contributed by atoms with Crippen LogP contribution >= 0.6 is 11.6 Å². The van der Waals surface area contributed by atoms with Crippen molar-refractivity contribution < 1.29 is 14.0 Å². The number of ketones is 1. The molecule has 0 bridgehead atoms. The Morgan fingerprint density at radius 1 is 0.806 bits per heavy atom. The van der Waals surface area contributed by atoms with Gasteiger partial charge in [0.1, 0.15) is 5.82 Å². The predicted molar refractivity (Wildman–Crippen MR) is 145 cm³/mol. The average Bonchev–Trinajstić information content (AvgIpc) is 2.88. The molecule has 4 nitrogen and oxygen atoms in total. The molecule has 0 aliphatic carbocycles. The Hall–Kier alpha value is -4.48. The van der Waals surface area contributed by atoms with Gasteiger partial charge in [-0.05, 0) is 59.2 Å². The number of hydrogen-bond donors (Lipinski definition) is 2. The van der Waals surface area contributed by atoms with Crippen molar-refractivity contribution in [2.24, 2.45) is 0 Å². The van der Waals surface area contributed by atoms with Gasteiger partial charge in [0.15, 0.2) is 5.78 Å². The van der Waals surface area contributed by atoms with Gasteiger partial charge in [0.2, 0.25) is 5.91 Å².